The van der Waals surface area contributed by atoms with E-state index in [1.807, 2.05) is 0 Å². The van der Waals surface area contributed by atoms with E-state index in [1.54, 1.807) is 0 Å². The normalized spacial score (nSPS) is 12.0. The van der Waals surface area contributed by atoms with Crippen molar-refractivity contribution in [2.75, 3.05) is 5.75 Å². The molecule has 0 radical (unpaired) electrons. The van der Waals surface area contributed by atoms with Crippen LogP contribution in [0.5, 0.6) is 0 Å². The predicted molar refractivity (Wildman–Crippen MR) is 45.3 cm³/mol. The number of carboxylic acids is 2. The highest BCUT2D eigenvalue weighted by molar-refractivity contribution is 8.01. The van der Waals surface area contributed by atoms with Gasteiger partial charge in [0, 0.05) is 0 Å². The maximum atomic E-state index is 10.4. The van der Waals surface area contributed by atoms with Crippen LogP contribution < -0.4 is 5.73 Å². The molecule has 1 atom stereocenters. The Morgan fingerprint density at radius 3 is 2.15 bits per heavy atom. The largest absolute Gasteiger partial charge is 0.481 e. The molecule has 0 aromatic carbocycles. The highest BCUT2D eigenvalue weighted by Crippen LogP contribution is 2.14. The van der Waals surface area contributed by atoms with Gasteiger partial charge in [0.2, 0.25) is 5.91 Å². The van der Waals surface area contributed by atoms with E-state index in [1.165, 1.54) is 0 Å². The lowest BCUT2D eigenvalue weighted by Gasteiger charge is -2.06. The van der Waals surface area contributed by atoms with Crippen molar-refractivity contribution < 1.29 is 24.6 Å². The molecule has 0 bridgehead atoms. The third kappa shape index (κ3) is 5.97. The standard InChI is InChI=1S/C6H9NO5S/c7-4(8)2-13-3(6(11)12)1-5(9)10/h3H,1-2H2,(H2,7,8)(H,9,10)(H,11,12). The molecule has 0 rings (SSSR count). The van der Waals surface area contributed by atoms with Crippen LogP contribution in [0.15, 0.2) is 0 Å². The number of aliphatic carboxylic acids is 2. The third-order valence-electron chi connectivity index (χ3n) is 1.06. The average Bonchev–Trinajstić information content (AvgIpc) is 1.96. The first-order valence-electron chi connectivity index (χ1n) is 3.28. The first-order chi connectivity index (χ1) is 5.93. The van der Waals surface area contributed by atoms with E-state index < -0.39 is 29.5 Å². The lowest BCUT2D eigenvalue weighted by molar-refractivity contribution is -0.142. The van der Waals surface area contributed by atoms with Crippen LogP contribution in [0.4, 0.5) is 0 Å². The number of amides is 1. The molecule has 0 saturated carbocycles. The Balaban J connectivity index is 4.02. The molecule has 13 heavy (non-hydrogen) atoms. The van der Waals surface area contributed by atoms with Gasteiger partial charge in [0.25, 0.3) is 0 Å². The molecule has 7 heteroatoms. The maximum Gasteiger partial charge on any atom is 0.317 e. The Labute approximate surface area is 78.1 Å². The van der Waals surface area contributed by atoms with Gasteiger partial charge >= 0.3 is 11.9 Å². The van der Waals surface area contributed by atoms with E-state index >= 15 is 0 Å². The van der Waals surface area contributed by atoms with Gasteiger partial charge in [-0.1, -0.05) is 0 Å². The number of carbonyl (C=O) groups is 3. The number of hydrogen-bond acceptors (Lipinski definition) is 4. The second-order valence-corrected chi connectivity index (χ2v) is 3.39. The Morgan fingerprint density at radius 2 is 1.85 bits per heavy atom. The van der Waals surface area contributed by atoms with Gasteiger partial charge in [-0.25, -0.2) is 0 Å². The number of thioether (sulfide) groups is 1. The van der Waals surface area contributed by atoms with Gasteiger partial charge in [-0.05, 0) is 0 Å². The van der Waals surface area contributed by atoms with Gasteiger partial charge in [0.15, 0.2) is 0 Å². The van der Waals surface area contributed by atoms with Crippen LogP contribution in [0.1, 0.15) is 6.42 Å². The Bertz CT molecular complexity index is 229. The number of nitrogens with two attached hydrogens (primary N) is 1. The quantitative estimate of drug-likeness (QED) is 0.521. The highest BCUT2D eigenvalue weighted by Gasteiger charge is 2.21. The fraction of sp³-hybridized carbons (Fsp3) is 0.500. The molecule has 4 N–H and O–H groups in total. The zero-order valence-electron chi connectivity index (χ0n) is 6.60. The molecule has 0 heterocycles. The minimum atomic E-state index is -1.26. The summed E-state index contributed by atoms with van der Waals surface area (Å²) < 4.78 is 0. The number of hydrogen-bond donors (Lipinski definition) is 3. The van der Waals surface area contributed by atoms with Crippen LogP contribution in [0.3, 0.4) is 0 Å². The van der Waals surface area contributed by atoms with Crippen LogP contribution in [-0.4, -0.2) is 39.1 Å². The highest BCUT2D eigenvalue weighted by atomic mass is 32.2. The molecular formula is C6H9NO5S. The lowest BCUT2D eigenvalue weighted by Crippen LogP contribution is -2.24. The molecule has 0 fully saturated rings. The monoisotopic (exact) mass is 207 g/mol. The predicted octanol–water partition coefficient (Wildman–Crippen LogP) is -0.867. The van der Waals surface area contributed by atoms with Crippen molar-refractivity contribution in [2.45, 2.75) is 11.7 Å². The summed E-state index contributed by atoms with van der Waals surface area (Å²) in [5, 5.41) is 15.7. The van der Waals surface area contributed by atoms with E-state index in [-0.39, 0.29) is 5.75 Å². The molecule has 0 aliphatic rings. The van der Waals surface area contributed by atoms with Crippen LogP contribution in [0, 0.1) is 0 Å². The molecule has 0 aliphatic heterocycles. The molecular weight excluding hydrogens is 198 g/mol. The Morgan fingerprint density at radius 1 is 1.31 bits per heavy atom. The van der Waals surface area contributed by atoms with E-state index in [9.17, 15) is 14.4 Å². The summed E-state index contributed by atoms with van der Waals surface area (Å²) in [7, 11) is 0. The molecule has 1 unspecified atom stereocenters. The summed E-state index contributed by atoms with van der Waals surface area (Å²) in [5.74, 6) is -3.33. The van der Waals surface area contributed by atoms with Crippen molar-refractivity contribution in [3.05, 3.63) is 0 Å². The van der Waals surface area contributed by atoms with Crippen LogP contribution in [0.25, 0.3) is 0 Å². The van der Waals surface area contributed by atoms with Crippen LogP contribution >= 0.6 is 11.8 Å². The van der Waals surface area contributed by atoms with Gasteiger partial charge in [0.05, 0.1) is 12.2 Å². The Kier molecular flexibility index (Phi) is 4.90. The van der Waals surface area contributed by atoms with Gasteiger partial charge in [-0.15, -0.1) is 11.8 Å². The fourth-order valence-electron chi connectivity index (χ4n) is 0.559. The lowest BCUT2D eigenvalue weighted by atomic mass is 10.3. The summed E-state index contributed by atoms with van der Waals surface area (Å²) >= 11 is 0.711. The van der Waals surface area contributed by atoms with Gasteiger partial charge in [0.1, 0.15) is 5.25 Å². The first-order valence-corrected chi connectivity index (χ1v) is 4.33. The summed E-state index contributed by atoms with van der Waals surface area (Å²) in [6.45, 7) is 0. The third-order valence-corrected chi connectivity index (χ3v) is 2.28. The van der Waals surface area contributed by atoms with Crippen molar-refractivity contribution >= 4 is 29.6 Å². The van der Waals surface area contributed by atoms with Gasteiger partial charge in [-0.3, -0.25) is 14.4 Å². The summed E-state index contributed by atoms with van der Waals surface area (Å²) in [4.78, 5) is 30.9. The van der Waals surface area contributed by atoms with E-state index in [0.717, 1.165) is 0 Å². The van der Waals surface area contributed by atoms with E-state index in [4.69, 9.17) is 15.9 Å². The second-order valence-electron chi connectivity index (χ2n) is 2.20. The molecule has 0 aromatic rings. The van der Waals surface area contributed by atoms with E-state index in [0.29, 0.717) is 11.8 Å². The fourth-order valence-corrected chi connectivity index (χ4v) is 1.33. The summed E-state index contributed by atoms with van der Waals surface area (Å²) in [5.41, 5.74) is 4.77. The smallest absolute Gasteiger partial charge is 0.317 e. The van der Waals surface area contributed by atoms with Crippen molar-refractivity contribution in [1.29, 1.82) is 0 Å². The SMILES string of the molecule is NC(=O)CSC(CC(=O)O)C(=O)O. The minimum Gasteiger partial charge on any atom is -0.481 e. The Hall–Kier alpha value is -1.24. The summed E-state index contributed by atoms with van der Waals surface area (Å²) in [6.07, 6.45) is -0.521. The number of carbonyl (C=O) groups excluding carboxylic acids is 1. The van der Waals surface area contributed by atoms with Crippen molar-refractivity contribution in [3.8, 4) is 0 Å². The molecule has 0 spiro atoms. The molecule has 0 aromatic heterocycles. The van der Waals surface area contributed by atoms with Crippen molar-refractivity contribution in [2.24, 2.45) is 5.73 Å². The average molecular weight is 207 g/mol. The van der Waals surface area contributed by atoms with E-state index in [2.05, 4.69) is 0 Å². The second kappa shape index (κ2) is 5.41. The van der Waals surface area contributed by atoms with Crippen LogP contribution in [0.2, 0.25) is 0 Å². The molecule has 0 aliphatic carbocycles. The maximum absolute atomic E-state index is 10.4. The zero-order valence-corrected chi connectivity index (χ0v) is 7.41. The first kappa shape index (κ1) is 11.8. The minimum absolute atomic E-state index is 0.190. The van der Waals surface area contributed by atoms with Gasteiger partial charge < -0.3 is 15.9 Å². The number of rotatable bonds is 6. The topological polar surface area (TPSA) is 118 Å². The molecule has 6 nitrogen and oxygen atoms in total. The van der Waals surface area contributed by atoms with Crippen LogP contribution in [-0.2, 0) is 14.4 Å². The molecule has 74 valence electrons. The van der Waals surface area contributed by atoms with Gasteiger partial charge in [-0.2, -0.15) is 0 Å². The van der Waals surface area contributed by atoms with Crippen molar-refractivity contribution in [3.63, 3.8) is 0 Å². The summed E-state index contributed by atoms with van der Waals surface area (Å²) in [6, 6.07) is 0. The molecule has 1 amide bonds. The number of carboxylic acid groups (broad SMARTS) is 2. The number of primary amides is 1. The zero-order chi connectivity index (χ0) is 10.4. The molecule has 0 saturated heterocycles. The van der Waals surface area contributed by atoms with Crippen molar-refractivity contribution in [1.82, 2.24) is 0 Å².